The molecule has 12 N–H and O–H groups in total. The summed E-state index contributed by atoms with van der Waals surface area (Å²) >= 11 is 18.2. The number of hydrogen-bond donors (Lipinski definition) is 9. The van der Waals surface area contributed by atoms with Gasteiger partial charge in [-0.2, -0.15) is 25.3 Å². The Morgan fingerprint density at radius 1 is 0.575 bits per heavy atom. The monoisotopic (exact) mass is 1720 g/mol. The number of ketones is 3. The molecule has 3 aliphatic heterocycles. The summed E-state index contributed by atoms with van der Waals surface area (Å²) in [5, 5.41) is 56.4. The van der Waals surface area contributed by atoms with Crippen molar-refractivity contribution in [1.82, 2.24) is 39.8 Å². The first-order valence-electron chi connectivity index (χ1n) is 35.5. The first-order chi connectivity index (χ1) is 53.7. The zero-order valence-electron chi connectivity index (χ0n) is 60.8. The Bertz CT molecular complexity index is 5410. The third kappa shape index (κ3) is 19.9. The van der Waals surface area contributed by atoms with Gasteiger partial charge in [0.1, 0.15) is 54.5 Å². The Morgan fingerprint density at radius 3 is 1.49 bits per heavy atom. The number of aliphatic hydroxyl groups is 3. The van der Waals surface area contributed by atoms with E-state index in [9.17, 15) is 55.0 Å². The lowest BCUT2D eigenvalue weighted by Gasteiger charge is -2.27. The van der Waals surface area contributed by atoms with Gasteiger partial charge in [-0.25, -0.2) is 54.7 Å². The van der Waals surface area contributed by atoms with Crippen molar-refractivity contribution in [3.05, 3.63) is 203 Å². The number of thiophene rings is 3. The molecule has 6 aliphatic rings. The molecule has 15 rings (SSSR count). The average Bonchev–Trinajstić information content (AvgIpc) is 1.70. The zero-order chi connectivity index (χ0) is 80.5. The molecule has 113 heavy (non-hydrogen) atoms. The normalized spacial score (nSPS) is 23.5. The van der Waals surface area contributed by atoms with E-state index in [0.29, 0.717) is 105 Å². The maximum absolute atomic E-state index is 15.0. The molecule has 2 aromatic carbocycles. The van der Waals surface area contributed by atoms with Crippen LogP contribution in [-0.4, -0.2) is 174 Å². The molecular formula is C72H79Cl2FN14O17S7. The standard InChI is InChI=1S/C25H26ClFN4O6S2.C24H26ClN5O5S2.C23H27N5O6S3/c1-12-16(24-21-13(4-5-36-24)2-3-18(26)22(21)27)8-20(38-12)23(33)17-9-29-11-30-25(17)31-15-6-14(19(32)7-15)10-37-39(28,34)35;1-30-10-13-4-2-3-5-16(13)21(30)17-8-20(36-23(17)25)22(32)18-9-27-12-28-24(18)29-15-6-14(19(31)7-15)11-35-37(26,33)34;1-11-15(21-22-17(3-4-33-21)27-12(2)36-22)7-19(35-11)20(30)16-8-25-10-26-23(16)28-14-5-13(18(29)6-14)9-34-37(24,31)32/h2-3,8-9,11,14-15,19,24,32H,4-7,10H2,1H3,(H2,28,34,35)(H,29,30,31);2-5,8-9,12,14-15,19,21,31H,6-7,10-11H2,1H3,(H2,26,33,34)(H,27,28,29);7-8,10,13-14,18,21,29H,3-6,9H2,1-2H3,(H2,24,31,32)(H,25,26,28)/t14-,15-,19+,24?;14-,15-,19+,21?;13-,14-,18+,21?/m111/s1. The largest absolute Gasteiger partial charge is 0.393 e. The number of benzene rings is 2. The molecule has 12 atom stereocenters. The number of aromatic nitrogens is 7. The molecule has 3 fully saturated rings. The molecule has 602 valence electrons. The van der Waals surface area contributed by atoms with Gasteiger partial charge in [-0.05, 0) is 119 Å². The lowest BCUT2D eigenvalue weighted by atomic mass is 9.92. The highest BCUT2D eigenvalue weighted by Crippen LogP contribution is 2.47. The Labute approximate surface area is 676 Å². The highest BCUT2D eigenvalue weighted by Gasteiger charge is 2.41. The van der Waals surface area contributed by atoms with Gasteiger partial charge in [0, 0.05) is 93.9 Å². The fourth-order valence-corrected chi connectivity index (χ4v) is 20.7. The number of carbonyl (C=O) groups is 3. The first-order valence-corrected chi connectivity index (χ1v) is 44.0. The Morgan fingerprint density at radius 2 is 1.01 bits per heavy atom. The summed E-state index contributed by atoms with van der Waals surface area (Å²) in [5.41, 5.74) is 8.03. The third-order valence-electron chi connectivity index (χ3n) is 20.4. The lowest BCUT2D eigenvalue weighted by Crippen LogP contribution is -2.24. The summed E-state index contributed by atoms with van der Waals surface area (Å²) in [7, 11) is -10.3. The van der Waals surface area contributed by atoms with E-state index in [-0.39, 0.29) is 89.4 Å². The van der Waals surface area contributed by atoms with Crippen molar-refractivity contribution in [2.24, 2.45) is 33.2 Å². The molecule has 0 amide bonds. The fraction of sp³-hybridized carbons (Fsp3) is 0.417. The Balaban J connectivity index is 0.000000148. The molecule has 41 heteroatoms. The number of halogens is 3. The zero-order valence-corrected chi connectivity index (χ0v) is 68.1. The van der Waals surface area contributed by atoms with Crippen molar-refractivity contribution >= 4 is 134 Å². The topological polar surface area (TPSA) is 468 Å². The number of anilines is 3. The van der Waals surface area contributed by atoms with Crippen LogP contribution in [0, 0.1) is 44.3 Å². The van der Waals surface area contributed by atoms with E-state index in [1.165, 1.54) is 88.8 Å². The molecule has 3 unspecified atom stereocenters. The smallest absolute Gasteiger partial charge is 0.333 e. The van der Waals surface area contributed by atoms with Gasteiger partial charge in [-0.15, -0.1) is 45.3 Å². The summed E-state index contributed by atoms with van der Waals surface area (Å²) in [6, 6.07) is 16.1. The minimum absolute atomic E-state index is 0.0149. The number of aliphatic hydroxyl groups excluding tert-OH is 3. The van der Waals surface area contributed by atoms with Crippen LogP contribution >= 0.6 is 68.5 Å². The molecule has 0 radical (unpaired) electrons. The summed E-state index contributed by atoms with van der Waals surface area (Å²) in [5.74, 6) is -1.67. The van der Waals surface area contributed by atoms with Crippen LogP contribution < -0.4 is 31.4 Å². The minimum Gasteiger partial charge on any atom is -0.393 e. The van der Waals surface area contributed by atoms with Gasteiger partial charge >= 0.3 is 30.9 Å². The van der Waals surface area contributed by atoms with Gasteiger partial charge in [0.25, 0.3) is 0 Å². The van der Waals surface area contributed by atoms with Crippen LogP contribution in [-0.2, 0) is 72.3 Å². The summed E-state index contributed by atoms with van der Waals surface area (Å²) in [6.45, 7) is 6.92. The van der Waals surface area contributed by atoms with Crippen LogP contribution in [0.5, 0.6) is 0 Å². The van der Waals surface area contributed by atoms with Gasteiger partial charge in [0.15, 0.2) is 0 Å². The van der Waals surface area contributed by atoms with E-state index in [1.807, 2.05) is 52.1 Å². The molecule has 31 nitrogen and oxygen atoms in total. The summed E-state index contributed by atoms with van der Waals surface area (Å²) in [4.78, 5) is 76.8. The van der Waals surface area contributed by atoms with E-state index in [1.54, 1.807) is 23.5 Å². The van der Waals surface area contributed by atoms with Crippen LogP contribution in [0.3, 0.4) is 0 Å². The van der Waals surface area contributed by atoms with Gasteiger partial charge in [0.2, 0.25) is 17.3 Å². The highest BCUT2D eigenvalue weighted by molar-refractivity contribution is 7.84. The molecule has 7 aromatic heterocycles. The number of rotatable bonds is 24. The van der Waals surface area contributed by atoms with E-state index in [0.717, 1.165) is 55.0 Å². The lowest BCUT2D eigenvalue weighted by molar-refractivity contribution is 0.0668. The number of hydrogen-bond acceptors (Lipinski definition) is 32. The van der Waals surface area contributed by atoms with Crippen LogP contribution in [0.25, 0.3) is 0 Å². The quantitative estimate of drug-likeness (QED) is 0.0257. The average molecular weight is 1730 g/mol. The van der Waals surface area contributed by atoms with E-state index in [4.69, 9.17) is 48.1 Å². The fourth-order valence-electron chi connectivity index (χ4n) is 15.1. The number of nitrogens with zero attached hydrogens (tertiary/aromatic N) is 8. The third-order valence-corrected chi connectivity index (χ3v) is 26.7. The molecule has 0 bridgehead atoms. The number of nitrogens with one attached hydrogen (secondary N) is 3. The number of thiazole rings is 1. The van der Waals surface area contributed by atoms with Crippen LogP contribution in [0.2, 0.25) is 9.36 Å². The highest BCUT2D eigenvalue weighted by atomic mass is 35.5. The van der Waals surface area contributed by atoms with Gasteiger partial charge in [-0.1, -0.05) is 53.5 Å². The van der Waals surface area contributed by atoms with Gasteiger partial charge < -0.3 is 40.7 Å². The van der Waals surface area contributed by atoms with Crippen molar-refractivity contribution < 1.29 is 81.4 Å². The van der Waals surface area contributed by atoms with Crippen molar-refractivity contribution in [3.63, 3.8) is 0 Å². The number of nitrogens with two attached hydrogens (primary N) is 3. The second kappa shape index (κ2) is 35.3. The SMILES string of the molecule is CN1Cc2ccccc2C1c1cc(C(=O)c2cncnc2N[C@@H]2C[C@H](COS(N)(=O)=O)[C@@H](O)C2)sc1Cl.Cc1nc2c(s1)C(c1cc(C(=O)c3cncnc3N[C@@H]3C[C@H](COS(N)(=O)=O)[C@@H](O)C3)sc1C)OCC2.Cc1sc(C(=O)c2cncnc2N[C@@H]2C[C@H](COS(N)(=O)=O)[C@@H](O)C2)cc1C1OCCc2ccc(Cl)c(F)c21. The molecule has 3 saturated carbocycles. The predicted molar refractivity (Wildman–Crippen MR) is 420 cm³/mol. The second-order valence-corrected chi connectivity index (χ2v) is 37.6. The molecule has 0 spiro atoms. The number of ether oxygens (including phenoxy) is 2. The van der Waals surface area contributed by atoms with Crippen molar-refractivity contribution in [2.45, 2.75) is 133 Å². The van der Waals surface area contributed by atoms with E-state index >= 15 is 4.39 Å². The maximum atomic E-state index is 15.0. The number of aryl methyl sites for hydroxylation is 3. The first kappa shape index (κ1) is 83.6. The number of fused-ring (bicyclic) bond motifs is 3. The Hall–Kier alpha value is -7.30. The molecule has 0 saturated heterocycles. The van der Waals surface area contributed by atoms with Gasteiger partial charge in [0.05, 0.1) is 114 Å². The number of carbonyl (C=O) groups excluding carboxylic acids is 3. The van der Waals surface area contributed by atoms with Crippen molar-refractivity contribution in [1.29, 1.82) is 0 Å². The Kier molecular flexibility index (Phi) is 26.1. The molecule has 9 aromatic rings. The molecule has 10 heterocycles. The molecular weight excluding hydrogens is 1650 g/mol. The van der Waals surface area contributed by atoms with E-state index in [2.05, 4.69) is 80.4 Å². The van der Waals surface area contributed by atoms with Gasteiger partial charge in [-0.3, -0.25) is 31.8 Å². The van der Waals surface area contributed by atoms with Crippen molar-refractivity contribution in [2.75, 3.05) is 56.0 Å². The van der Waals surface area contributed by atoms with Crippen molar-refractivity contribution in [3.8, 4) is 0 Å². The van der Waals surface area contributed by atoms with Crippen LogP contribution in [0.1, 0.15) is 167 Å². The predicted octanol–water partition coefficient (Wildman–Crippen LogP) is 8.31. The second-order valence-electron chi connectivity index (χ2n) is 28.2. The maximum Gasteiger partial charge on any atom is 0.333 e. The minimum atomic E-state index is -4.12. The summed E-state index contributed by atoms with van der Waals surface area (Å²) in [6.07, 6.45) is 8.54. The summed E-state index contributed by atoms with van der Waals surface area (Å²) < 4.78 is 108. The molecule has 3 aliphatic carbocycles. The van der Waals surface area contributed by atoms with Crippen LogP contribution in [0.4, 0.5) is 21.8 Å². The van der Waals surface area contributed by atoms with E-state index < -0.39 is 78.9 Å². The van der Waals surface area contributed by atoms with Crippen LogP contribution in [0.15, 0.2) is 92.2 Å².